The van der Waals surface area contributed by atoms with E-state index in [0.29, 0.717) is 0 Å². The van der Waals surface area contributed by atoms with Gasteiger partial charge in [0.1, 0.15) is 0 Å². The van der Waals surface area contributed by atoms with Crippen LogP contribution in [-0.2, 0) is 13.5 Å². The molecule has 5 nitrogen and oxygen atoms in total. The lowest BCUT2D eigenvalue weighted by Crippen LogP contribution is -2.23. The molecule has 0 bridgehead atoms. The number of carbonyl (C=O) groups is 1. The van der Waals surface area contributed by atoms with Gasteiger partial charge in [0.15, 0.2) is 10.9 Å². The normalized spacial score (nSPS) is 16.3. The number of hydrogen-bond donors (Lipinski definition) is 1. The van der Waals surface area contributed by atoms with Gasteiger partial charge in [-0.1, -0.05) is 11.8 Å². The zero-order chi connectivity index (χ0) is 13.1. The van der Waals surface area contributed by atoms with Crippen molar-refractivity contribution in [3.63, 3.8) is 0 Å². The molecule has 100 valence electrons. The Morgan fingerprint density at radius 2 is 2.11 bits per heavy atom. The number of nitrogens with zero attached hydrogens (tertiary/aromatic N) is 3. The van der Waals surface area contributed by atoms with E-state index >= 15 is 0 Å². The zero-order valence-electron chi connectivity index (χ0n) is 10.8. The van der Waals surface area contributed by atoms with E-state index in [1.54, 1.807) is 0 Å². The Morgan fingerprint density at radius 3 is 2.67 bits per heavy atom. The van der Waals surface area contributed by atoms with Gasteiger partial charge in [-0.3, -0.25) is 0 Å². The fourth-order valence-corrected chi connectivity index (χ4v) is 2.99. The number of rotatable bonds is 5. The molecule has 1 aromatic heterocycles. The number of imidazole rings is 1. The molecule has 1 fully saturated rings. The highest BCUT2D eigenvalue weighted by Gasteiger charge is 2.21. The summed E-state index contributed by atoms with van der Waals surface area (Å²) in [5, 5.41) is 9.96. The van der Waals surface area contributed by atoms with E-state index in [4.69, 9.17) is 0 Å². The average molecular weight is 269 g/mol. The van der Waals surface area contributed by atoms with E-state index < -0.39 is 5.97 Å². The Bertz CT molecular complexity index is 439. The van der Waals surface area contributed by atoms with E-state index in [-0.39, 0.29) is 5.69 Å². The van der Waals surface area contributed by atoms with Crippen molar-refractivity contribution in [2.45, 2.75) is 24.4 Å². The van der Waals surface area contributed by atoms with Crippen LogP contribution in [0.15, 0.2) is 5.16 Å². The van der Waals surface area contributed by atoms with Crippen LogP contribution in [0.2, 0.25) is 0 Å². The molecule has 6 heteroatoms. The van der Waals surface area contributed by atoms with E-state index in [1.165, 1.54) is 24.6 Å². The number of hydrogen-bond acceptors (Lipinski definition) is 4. The van der Waals surface area contributed by atoms with Gasteiger partial charge in [0, 0.05) is 20.0 Å². The predicted molar refractivity (Wildman–Crippen MR) is 71.3 cm³/mol. The Labute approximate surface area is 111 Å². The lowest BCUT2D eigenvalue weighted by Gasteiger charge is -2.14. The van der Waals surface area contributed by atoms with Crippen molar-refractivity contribution < 1.29 is 9.90 Å². The van der Waals surface area contributed by atoms with Gasteiger partial charge < -0.3 is 14.6 Å². The van der Waals surface area contributed by atoms with Crippen molar-refractivity contribution in [2.24, 2.45) is 7.05 Å². The molecule has 0 aliphatic carbocycles. The third kappa shape index (κ3) is 2.70. The fraction of sp³-hybridized carbons (Fsp3) is 0.667. The Hall–Kier alpha value is -1.01. The van der Waals surface area contributed by atoms with Crippen LogP contribution in [0.3, 0.4) is 0 Å². The molecule has 0 unspecified atom stereocenters. The Balaban J connectivity index is 2.13. The Kier molecular flexibility index (Phi) is 4.29. The van der Waals surface area contributed by atoms with Gasteiger partial charge >= 0.3 is 5.97 Å². The van der Waals surface area contributed by atoms with Gasteiger partial charge in [-0.25, -0.2) is 9.78 Å². The van der Waals surface area contributed by atoms with Gasteiger partial charge in [-0.05, 0) is 32.2 Å². The number of likely N-dealkylation sites (tertiary alicyclic amines) is 1. The van der Waals surface area contributed by atoms with Crippen molar-refractivity contribution in [3.05, 3.63) is 11.4 Å². The number of thioether (sulfide) groups is 1. The number of carboxylic acid groups (broad SMARTS) is 1. The maximum Gasteiger partial charge on any atom is 0.356 e. The first kappa shape index (κ1) is 13.4. The average Bonchev–Trinajstić information content (AvgIpc) is 2.94. The smallest absolute Gasteiger partial charge is 0.356 e. The summed E-state index contributed by atoms with van der Waals surface area (Å²) in [6, 6.07) is 0. The predicted octanol–water partition coefficient (Wildman–Crippen LogP) is 1.48. The van der Waals surface area contributed by atoms with Crippen molar-refractivity contribution in [1.82, 2.24) is 14.5 Å². The quantitative estimate of drug-likeness (QED) is 0.821. The van der Waals surface area contributed by atoms with Gasteiger partial charge in [0.05, 0.1) is 5.69 Å². The summed E-state index contributed by atoms with van der Waals surface area (Å²) >= 11 is 1.48. The monoisotopic (exact) mass is 269 g/mol. The second-order valence-corrected chi connectivity index (χ2v) is 5.33. The van der Waals surface area contributed by atoms with Gasteiger partial charge in [-0.15, -0.1) is 0 Å². The summed E-state index contributed by atoms with van der Waals surface area (Å²) < 4.78 is 1.91. The molecular formula is C12H19N3O2S. The van der Waals surface area contributed by atoms with E-state index in [2.05, 4.69) is 9.88 Å². The van der Waals surface area contributed by atoms with Crippen LogP contribution in [0.4, 0.5) is 0 Å². The summed E-state index contributed by atoms with van der Waals surface area (Å²) in [4.78, 5) is 17.8. The molecule has 2 heterocycles. The molecule has 1 aromatic rings. The highest BCUT2D eigenvalue weighted by molar-refractivity contribution is 7.98. The maximum absolute atomic E-state index is 11.2. The summed E-state index contributed by atoms with van der Waals surface area (Å²) in [6.07, 6.45) is 5.18. The zero-order valence-corrected chi connectivity index (χ0v) is 11.7. The molecule has 1 aliphatic heterocycles. The number of carboxylic acids is 1. The third-order valence-electron chi connectivity index (χ3n) is 3.42. The van der Waals surface area contributed by atoms with Crippen LogP contribution in [0.1, 0.15) is 29.0 Å². The molecule has 2 rings (SSSR count). The highest BCUT2D eigenvalue weighted by atomic mass is 32.2. The lowest BCUT2D eigenvalue weighted by atomic mass is 10.2. The standard InChI is InChI=1S/C12H19N3O2S/c1-14-9(5-8-15-6-3-4-7-15)10(11(16)17)13-12(14)18-2/h3-8H2,1-2H3,(H,16,17). The second kappa shape index (κ2) is 5.75. The largest absolute Gasteiger partial charge is 0.476 e. The van der Waals surface area contributed by atoms with Crippen LogP contribution in [-0.4, -0.2) is 51.4 Å². The molecule has 1 N–H and O–H groups in total. The molecule has 0 amide bonds. The van der Waals surface area contributed by atoms with Crippen molar-refractivity contribution in [3.8, 4) is 0 Å². The topological polar surface area (TPSA) is 58.4 Å². The van der Waals surface area contributed by atoms with Crippen LogP contribution in [0.5, 0.6) is 0 Å². The first-order valence-electron chi connectivity index (χ1n) is 6.18. The van der Waals surface area contributed by atoms with Crippen molar-refractivity contribution >= 4 is 17.7 Å². The molecule has 0 spiro atoms. The molecular weight excluding hydrogens is 250 g/mol. The van der Waals surface area contributed by atoms with Gasteiger partial charge in [0.25, 0.3) is 0 Å². The summed E-state index contributed by atoms with van der Waals surface area (Å²) in [5.41, 5.74) is 1.04. The molecule has 0 saturated carbocycles. The van der Waals surface area contributed by atoms with Gasteiger partial charge in [-0.2, -0.15) is 0 Å². The molecule has 0 atom stereocenters. The summed E-state index contributed by atoms with van der Waals surface area (Å²) in [5.74, 6) is -0.928. The fourth-order valence-electron chi connectivity index (χ4n) is 2.42. The minimum atomic E-state index is -0.928. The van der Waals surface area contributed by atoms with E-state index in [0.717, 1.165) is 36.9 Å². The first-order chi connectivity index (χ1) is 8.63. The Morgan fingerprint density at radius 1 is 1.44 bits per heavy atom. The van der Waals surface area contributed by atoms with Gasteiger partial charge in [0.2, 0.25) is 0 Å². The van der Waals surface area contributed by atoms with Crippen molar-refractivity contribution in [1.29, 1.82) is 0 Å². The van der Waals surface area contributed by atoms with Crippen LogP contribution in [0, 0.1) is 0 Å². The van der Waals surface area contributed by atoms with Crippen LogP contribution < -0.4 is 0 Å². The van der Waals surface area contributed by atoms with Crippen LogP contribution >= 0.6 is 11.8 Å². The van der Waals surface area contributed by atoms with E-state index in [1.807, 2.05) is 17.9 Å². The maximum atomic E-state index is 11.2. The van der Waals surface area contributed by atoms with Crippen molar-refractivity contribution in [2.75, 3.05) is 25.9 Å². The third-order valence-corrected chi connectivity index (χ3v) is 4.15. The molecule has 1 aliphatic rings. The van der Waals surface area contributed by atoms with Crippen LogP contribution in [0.25, 0.3) is 0 Å². The molecule has 0 aromatic carbocycles. The molecule has 1 saturated heterocycles. The lowest BCUT2D eigenvalue weighted by molar-refractivity contribution is 0.0689. The minimum absolute atomic E-state index is 0.209. The minimum Gasteiger partial charge on any atom is -0.476 e. The summed E-state index contributed by atoms with van der Waals surface area (Å²) in [6.45, 7) is 3.19. The van der Waals surface area contributed by atoms with E-state index in [9.17, 15) is 9.90 Å². The second-order valence-electron chi connectivity index (χ2n) is 4.56. The SMILES string of the molecule is CSc1nc(C(=O)O)c(CCN2CCCC2)n1C. The molecule has 18 heavy (non-hydrogen) atoms. The number of aromatic nitrogens is 2. The highest BCUT2D eigenvalue weighted by Crippen LogP contribution is 2.19. The summed E-state index contributed by atoms with van der Waals surface area (Å²) in [7, 11) is 1.89. The molecule has 0 radical (unpaired) electrons. The first-order valence-corrected chi connectivity index (χ1v) is 7.41. The number of aromatic carboxylic acids is 1.